The Morgan fingerprint density at radius 1 is 1.53 bits per heavy atom. The lowest BCUT2D eigenvalue weighted by Gasteiger charge is -2.15. The molecule has 8 heteroatoms. The van der Waals surface area contributed by atoms with Crippen molar-refractivity contribution in [2.24, 2.45) is 5.73 Å². The summed E-state index contributed by atoms with van der Waals surface area (Å²) in [5.41, 5.74) is 5.50. The van der Waals surface area contributed by atoms with Crippen LogP contribution in [0.4, 0.5) is 5.69 Å². The Hall–Kier alpha value is -1.37. The van der Waals surface area contributed by atoms with Gasteiger partial charge >= 0.3 is 0 Å². The minimum atomic E-state index is -0.584. The van der Waals surface area contributed by atoms with Crippen LogP contribution in [0.2, 0.25) is 5.02 Å². The van der Waals surface area contributed by atoms with Crippen LogP contribution in [0, 0.1) is 10.1 Å². The number of benzene rings is 1. The minimum absolute atomic E-state index is 0. The molecule has 2 N–H and O–H groups in total. The molecule has 1 heterocycles. The van der Waals surface area contributed by atoms with Gasteiger partial charge in [-0.2, -0.15) is 0 Å². The lowest BCUT2D eigenvalue weighted by molar-refractivity contribution is -0.385. The van der Waals surface area contributed by atoms with Gasteiger partial charge in [-0.25, -0.2) is 0 Å². The second-order valence-electron chi connectivity index (χ2n) is 4.22. The summed E-state index contributed by atoms with van der Waals surface area (Å²) in [5, 5.41) is 11.2. The summed E-state index contributed by atoms with van der Waals surface area (Å²) in [6, 6.07) is 3.90. The van der Waals surface area contributed by atoms with Crippen LogP contribution < -0.4 is 5.73 Å². The SMILES string of the molecule is Cl.NC1CCN(C(=O)c2cc(Cl)ccc2[N+](=O)[O-])C1. The highest BCUT2D eigenvalue weighted by Crippen LogP contribution is 2.25. The summed E-state index contributed by atoms with van der Waals surface area (Å²) < 4.78 is 0. The molecule has 1 aromatic rings. The maximum Gasteiger partial charge on any atom is 0.282 e. The van der Waals surface area contributed by atoms with Crippen molar-refractivity contribution in [1.82, 2.24) is 4.90 Å². The van der Waals surface area contributed by atoms with Crippen LogP contribution in [0.3, 0.4) is 0 Å². The van der Waals surface area contributed by atoms with Gasteiger partial charge in [0.1, 0.15) is 5.56 Å². The first-order chi connectivity index (χ1) is 8.49. The van der Waals surface area contributed by atoms with Gasteiger partial charge in [-0.3, -0.25) is 14.9 Å². The molecule has 1 aliphatic heterocycles. The second-order valence-corrected chi connectivity index (χ2v) is 4.65. The largest absolute Gasteiger partial charge is 0.337 e. The molecule has 1 amide bonds. The number of nitrogens with zero attached hydrogens (tertiary/aromatic N) is 2. The number of carbonyl (C=O) groups is 1. The molecule has 0 saturated carbocycles. The number of likely N-dealkylation sites (tertiary alicyclic amines) is 1. The highest BCUT2D eigenvalue weighted by molar-refractivity contribution is 6.31. The molecule has 1 aliphatic rings. The number of halogens is 2. The molecule has 1 saturated heterocycles. The molecular formula is C11H13Cl2N3O3. The van der Waals surface area contributed by atoms with E-state index in [-0.39, 0.29) is 29.7 Å². The molecular weight excluding hydrogens is 293 g/mol. The Balaban J connectivity index is 0.00000180. The number of nitro groups is 1. The zero-order valence-electron chi connectivity index (χ0n) is 9.91. The van der Waals surface area contributed by atoms with Crippen LogP contribution in [0.25, 0.3) is 0 Å². The molecule has 104 valence electrons. The topological polar surface area (TPSA) is 89.5 Å². The fourth-order valence-corrected chi connectivity index (χ4v) is 2.15. The van der Waals surface area contributed by atoms with E-state index in [0.29, 0.717) is 24.5 Å². The van der Waals surface area contributed by atoms with Crippen LogP contribution >= 0.6 is 24.0 Å². The monoisotopic (exact) mass is 305 g/mol. The Morgan fingerprint density at radius 2 is 2.21 bits per heavy atom. The number of amides is 1. The quantitative estimate of drug-likeness (QED) is 0.667. The first kappa shape index (κ1) is 15.7. The van der Waals surface area contributed by atoms with E-state index in [1.54, 1.807) is 0 Å². The summed E-state index contributed by atoms with van der Waals surface area (Å²) in [7, 11) is 0. The van der Waals surface area contributed by atoms with Crippen LogP contribution in [-0.4, -0.2) is 34.9 Å². The summed E-state index contributed by atoms with van der Waals surface area (Å²) in [6.45, 7) is 0.937. The minimum Gasteiger partial charge on any atom is -0.337 e. The van der Waals surface area contributed by atoms with Gasteiger partial charge in [0.25, 0.3) is 11.6 Å². The number of rotatable bonds is 2. The fourth-order valence-electron chi connectivity index (χ4n) is 1.98. The van der Waals surface area contributed by atoms with E-state index in [1.807, 2.05) is 0 Å². The van der Waals surface area contributed by atoms with Gasteiger partial charge < -0.3 is 10.6 Å². The third-order valence-electron chi connectivity index (χ3n) is 2.90. The van der Waals surface area contributed by atoms with E-state index in [9.17, 15) is 14.9 Å². The number of hydrogen-bond acceptors (Lipinski definition) is 4. The highest BCUT2D eigenvalue weighted by Gasteiger charge is 2.29. The first-order valence-corrected chi connectivity index (χ1v) is 5.85. The van der Waals surface area contributed by atoms with Crippen molar-refractivity contribution in [2.75, 3.05) is 13.1 Å². The third kappa shape index (κ3) is 3.34. The molecule has 19 heavy (non-hydrogen) atoms. The van der Waals surface area contributed by atoms with Gasteiger partial charge in [0.2, 0.25) is 0 Å². The molecule has 2 rings (SSSR count). The predicted octanol–water partition coefficient (Wildman–Crippen LogP) is 1.84. The molecule has 0 aliphatic carbocycles. The lowest BCUT2D eigenvalue weighted by Crippen LogP contribution is -2.32. The van der Waals surface area contributed by atoms with Crippen LogP contribution in [0.1, 0.15) is 16.8 Å². The lowest BCUT2D eigenvalue weighted by atomic mass is 10.1. The van der Waals surface area contributed by atoms with Crippen molar-refractivity contribution in [1.29, 1.82) is 0 Å². The highest BCUT2D eigenvalue weighted by atomic mass is 35.5. The smallest absolute Gasteiger partial charge is 0.282 e. The molecule has 0 spiro atoms. The molecule has 1 fully saturated rings. The molecule has 0 bridgehead atoms. The summed E-state index contributed by atoms with van der Waals surface area (Å²) in [5.74, 6) is -0.392. The van der Waals surface area contributed by atoms with E-state index in [0.717, 1.165) is 0 Å². The fraction of sp³-hybridized carbons (Fsp3) is 0.364. The predicted molar refractivity (Wildman–Crippen MR) is 73.9 cm³/mol. The zero-order chi connectivity index (χ0) is 13.3. The standard InChI is InChI=1S/C11H12ClN3O3.ClH/c12-7-1-2-10(15(17)18)9(5-7)11(16)14-4-3-8(13)6-14;/h1-2,5,8H,3-4,6,13H2;1H. The second kappa shape index (κ2) is 6.18. The van der Waals surface area contributed by atoms with Crippen molar-refractivity contribution in [3.8, 4) is 0 Å². The number of nitrogens with two attached hydrogens (primary N) is 1. The van der Waals surface area contributed by atoms with Gasteiger partial charge in [-0.1, -0.05) is 11.6 Å². The summed E-state index contributed by atoms with van der Waals surface area (Å²) in [6.07, 6.45) is 0.708. The third-order valence-corrected chi connectivity index (χ3v) is 3.13. The Bertz CT molecular complexity index is 510. The van der Waals surface area contributed by atoms with Crippen molar-refractivity contribution >= 4 is 35.6 Å². The molecule has 1 unspecified atom stereocenters. The number of hydrogen-bond donors (Lipinski definition) is 1. The molecule has 1 aromatic carbocycles. The van der Waals surface area contributed by atoms with Gasteiger partial charge in [0.15, 0.2) is 0 Å². The number of carbonyl (C=O) groups excluding carboxylic acids is 1. The van der Waals surface area contributed by atoms with Gasteiger partial charge in [-0.15, -0.1) is 12.4 Å². The first-order valence-electron chi connectivity index (χ1n) is 5.48. The average Bonchev–Trinajstić information content (AvgIpc) is 2.74. The van der Waals surface area contributed by atoms with Crippen LogP contribution in [0.5, 0.6) is 0 Å². The van der Waals surface area contributed by atoms with Crippen molar-refractivity contribution in [3.05, 3.63) is 38.9 Å². The Kier molecular flexibility index (Phi) is 5.11. The maximum absolute atomic E-state index is 12.2. The van der Waals surface area contributed by atoms with E-state index >= 15 is 0 Å². The Labute approximate surface area is 121 Å². The van der Waals surface area contributed by atoms with Gasteiger partial charge in [0, 0.05) is 30.2 Å². The normalized spacial score (nSPS) is 18.0. The van der Waals surface area contributed by atoms with Crippen LogP contribution in [-0.2, 0) is 0 Å². The average molecular weight is 306 g/mol. The van der Waals surface area contributed by atoms with Crippen molar-refractivity contribution in [3.63, 3.8) is 0 Å². The van der Waals surface area contributed by atoms with E-state index in [1.165, 1.54) is 23.1 Å². The molecule has 0 radical (unpaired) electrons. The van der Waals surface area contributed by atoms with E-state index < -0.39 is 10.8 Å². The maximum atomic E-state index is 12.2. The van der Waals surface area contributed by atoms with Crippen LogP contribution in [0.15, 0.2) is 18.2 Å². The van der Waals surface area contributed by atoms with E-state index in [4.69, 9.17) is 17.3 Å². The van der Waals surface area contributed by atoms with Gasteiger partial charge in [0.05, 0.1) is 4.92 Å². The molecule has 0 aromatic heterocycles. The molecule has 6 nitrogen and oxygen atoms in total. The number of nitro benzene ring substituents is 1. The summed E-state index contributed by atoms with van der Waals surface area (Å²) in [4.78, 5) is 24.0. The zero-order valence-corrected chi connectivity index (χ0v) is 11.5. The van der Waals surface area contributed by atoms with Crippen molar-refractivity contribution < 1.29 is 9.72 Å². The molecule has 1 atom stereocenters. The Morgan fingerprint density at radius 3 is 2.74 bits per heavy atom. The summed E-state index contributed by atoms with van der Waals surface area (Å²) >= 11 is 5.78. The van der Waals surface area contributed by atoms with Crippen molar-refractivity contribution in [2.45, 2.75) is 12.5 Å². The van der Waals surface area contributed by atoms with E-state index in [2.05, 4.69) is 0 Å². The van der Waals surface area contributed by atoms with Gasteiger partial charge in [-0.05, 0) is 18.6 Å².